The van der Waals surface area contributed by atoms with Gasteiger partial charge in [-0.3, -0.25) is 0 Å². The maximum Gasteiger partial charge on any atom is 0.339 e. The zero-order valence-electron chi connectivity index (χ0n) is 10.2. The third-order valence-corrected chi connectivity index (χ3v) is 3.55. The molecule has 20 heavy (non-hydrogen) atoms. The molecule has 2 aromatic rings. The number of carbonyl (C=O) groups is 1. The molecule has 0 aromatic heterocycles. The van der Waals surface area contributed by atoms with Crippen LogP contribution in [0.15, 0.2) is 40.9 Å². The number of benzene rings is 2. The number of ether oxygens (including phenoxy) is 1. The highest BCUT2D eigenvalue weighted by Gasteiger charge is 2.12. The first-order valence-electron chi connectivity index (χ1n) is 5.63. The summed E-state index contributed by atoms with van der Waals surface area (Å²) >= 11 is 8.90. The van der Waals surface area contributed by atoms with E-state index in [4.69, 9.17) is 22.1 Å². The lowest BCUT2D eigenvalue weighted by atomic mass is 10.2. The van der Waals surface area contributed by atoms with Crippen LogP contribution >= 0.6 is 27.5 Å². The standard InChI is InChI=1S/C14H10BrClFNO2/c15-11-3-2-9(18)6-10(11)14(19)20-7-8-1-4-13(17)12(16)5-8/h1-6H,7,18H2. The molecule has 0 aliphatic heterocycles. The summed E-state index contributed by atoms with van der Waals surface area (Å²) in [4.78, 5) is 11.9. The summed E-state index contributed by atoms with van der Waals surface area (Å²) in [5, 5.41) is -0.0105. The smallest absolute Gasteiger partial charge is 0.339 e. The van der Waals surface area contributed by atoms with Crippen molar-refractivity contribution in [2.75, 3.05) is 5.73 Å². The van der Waals surface area contributed by atoms with Gasteiger partial charge in [-0.05, 0) is 51.8 Å². The second-order valence-corrected chi connectivity index (χ2v) is 5.33. The lowest BCUT2D eigenvalue weighted by molar-refractivity contribution is 0.0471. The Bertz CT molecular complexity index is 664. The van der Waals surface area contributed by atoms with E-state index in [2.05, 4.69) is 15.9 Å². The number of nitrogen functional groups attached to an aromatic ring is 1. The normalized spacial score (nSPS) is 10.3. The molecule has 3 nitrogen and oxygen atoms in total. The van der Waals surface area contributed by atoms with Crippen molar-refractivity contribution < 1.29 is 13.9 Å². The van der Waals surface area contributed by atoms with E-state index in [0.717, 1.165) is 0 Å². The summed E-state index contributed by atoms with van der Waals surface area (Å²) in [5.41, 5.74) is 7.02. The summed E-state index contributed by atoms with van der Waals surface area (Å²) < 4.78 is 18.7. The van der Waals surface area contributed by atoms with E-state index in [1.807, 2.05) is 0 Å². The van der Waals surface area contributed by atoms with E-state index in [1.165, 1.54) is 24.3 Å². The Balaban J connectivity index is 2.08. The Kier molecular flexibility index (Phi) is 4.62. The summed E-state index contributed by atoms with van der Waals surface area (Å²) in [6.07, 6.45) is 0. The molecule has 0 aliphatic rings. The lowest BCUT2D eigenvalue weighted by Crippen LogP contribution is -2.07. The van der Waals surface area contributed by atoms with Gasteiger partial charge in [-0.15, -0.1) is 0 Å². The average molecular weight is 359 g/mol. The number of anilines is 1. The number of halogens is 3. The van der Waals surface area contributed by atoms with Crippen LogP contribution < -0.4 is 5.73 Å². The molecule has 104 valence electrons. The molecule has 0 amide bonds. The van der Waals surface area contributed by atoms with E-state index < -0.39 is 11.8 Å². The zero-order chi connectivity index (χ0) is 14.7. The van der Waals surface area contributed by atoms with Gasteiger partial charge in [-0.2, -0.15) is 0 Å². The number of hydrogen-bond donors (Lipinski definition) is 1. The largest absolute Gasteiger partial charge is 0.457 e. The molecular formula is C14H10BrClFNO2. The van der Waals surface area contributed by atoms with Crippen molar-refractivity contribution in [3.63, 3.8) is 0 Å². The molecule has 0 unspecified atom stereocenters. The molecule has 2 N–H and O–H groups in total. The van der Waals surface area contributed by atoms with Gasteiger partial charge in [0.1, 0.15) is 12.4 Å². The summed E-state index contributed by atoms with van der Waals surface area (Å²) in [5.74, 6) is -1.04. The second-order valence-electron chi connectivity index (χ2n) is 4.06. The van der Waals surface area contributed by atoms with E-state index in [1.54, 1.807) is 12.1 Å². The van der Waals surface area contributed by atoms with Crippen molar-refractivity contribution in [2.24, 2.45) is 0 Å². The quantitative estimate of drug-likeness (QED) is 0.661. The van der Waals surface area contributed by atoms with E-state index in [9.17, 15) is 9.18 Å². The van der Waals surface area contributed by atoms with Gasteiger partial charge >= 0.3 is 5.97 Å². The molecule has 6 heteroatoms. The molecule has 0 heterocycles. The van der Waals surface area contributed by atoms with Crippen molar-refractivity contribution >= 4 is 39.2 Å². The maximum absolute atomic E-state index is 13.0. The monoisotopic (exact) mass is 357 g/mol. The number of nitrogens with two attached hydrogens (primary N) is 1. The number of rotatable bonds is 3. The molecule has 2 rings (SSSR count). The Hall–Kier alpha value is -1.59. The van der Waals surface area contributed by atoms with Gasteiger partial charge in [0.2, 0.25) is 0 Å². The minimum absolute atomic E-state index is 0.0000718. The highest BCUT2D eigenvalue weighted by atomic mass is 79.9. The third kappa shape index (κ3) is 3.49. The van der Waals surface area contributed by atoms with Crippen LogP contribution in [0.4, 0.5) is 10.1 Å². The van der Waals surface area contributed by atoms with Crippen molar-refractivity contribution in [3.05, 3.63) is 62.8 Å². The van der Waals surface area contributed by atoms with Crippen LogP contribution in [0.3, 0.4) is 0 Å². The average Bonchev–Trinajstić information content (AvgIpc) is 2.42. The predicted octanol–water partition coefficient (Wildman–Crippen LogP) is 4.18. The Labute approximate surface area is 128 Å². The Morgan fingerprint density at radius 1 is 1.30 bits per heavy atom. The van der Waals surface area contributed by atoms with Crippen LogP contribution in [0.5, 0.6) is 0 Å². The molecule has 0 bridgehead atoms. The van der Waals surface area contributed by atoms with Crippen molar-refractivity contribution in [2.45, 2.75) is 6.61 Å². The third-order valence-electron chi connectivity index (χ3n) is 2.56. The molecule has 0 fully saturated rings. The second kappa shape index (κ2) is 6.24. The predicted molar refractivity (Wildman–Crippen MR) is 79.1 cm³/mol. The number of carbonyl (C=O) groups excluding carboxylic acids is 1. The van der Waals surface area contributed by atoms with Crippen LogP contribution in [-0.4, -0.2) is 5.97 Å². The highest BCUT2D eigenvalue weighted by Crippen LogP contribution is 2.21. The fourth-order valence-corrected chi connectivity index (χ4v) is 2.17. The highest BCUT2D eigenvalue weighted by molar-refractivity contribution is 9.10. The molecular weight excluding hydrogens is 349 g/mol. The number of hydrogen-bond acceptors (Lipinski definition) is 3. The minimum atomic E-state index is -0.523. The van der Waals surface area contributed by atoms with Crippen molar-refractivity contribution in [1.82, 2.24) is 0 Å². The van der Waals surface area contributed by atoms with Crippen LogP contribution in [0, 0.1) is 5.82 Å². The molecule has 0 aliphatic carbocycles. The topological polar surface area (TPSA) is 52.3 Å². The summed E-state index contributed by atoms with van der Waals surface area (Å²) in [7, 11) is 0. The summed E-state index contributed by atoms with van der Waals surface area (Å²) in [6.45, 7) is 0.0000718. The molecule has 0 radical (unpaired) electrons. The van der Waals surface area contributed by atoms with Gasteiger partial charge in [-0.1, -0.05) is 17.7 Å². The van der Waals surface area contributed by atoms with Gasteiger partial charge in [0.15, 0.2) is 0 Å². The molecule has 0 saturated heterocycles. The van der Waals surface area contributed by atoms with Crippen LogP contribution in [0.2, 0.25) is 5.02 Å². The van der Waals surface area contributed by atoms with Crippen molar-refractivity contribution in [3.8, 4) is 0 Å². The van der Waals surface area contributed by atoms with Gasteiger partial charge in [0, 0.05) is 10.2 Å². The Morgan fingerprint density at radius 3 is 2.75 bits per heavy atom. The van der Waals surface area contributed by atoms with Gasteiger partial charge in [0.25, 0.3) is 0 Å². The Morgan fingerprint density at radius 2 is 2.05 bits per heavy atom. The van der Waals surface area contributed by atoms with Gasteiger partial charge in [-0.25, -0.2) is 9.18 Å². The van der Waals surface area contributed by atoms with Crippen LogP contribution in [0.1, 0.15) is 15.9 Å². The van der Waals surface area contributed by atoms with Gasteiger partial charge < -0.3 is 10.5 Å². The fraction of sp³-hybridized carbons (Fsp3) is 0.0714. The first-order chi connectivity index (χ1) is 9.47. The SMILES string of the molecule is Nc1ccc(Br)c(C(=O)OCc2ccc(F)c(Cl)c2)c1. The summed E-state index contributed by atoms with van der Waals surface area (Å²) in [6, 6.07) is 8.99. The van der Waals surface area contributed by atoms with Crippen LogP contribution in [0.25, 0.3) is 0 Å². The van der Waals surface area contributed by atoms with E-state index in [-0.39, 0.29) is 11.6 Å². The number of esters is 1. The first-order valence-corrected chi connectivity index (χ1v) is 6.80. The molecule has 0 saturated carbocycles. The van der Waals surface area contributed by atoms with Crippen LogP contribution in [-0.2, 0) is 11.3 Å². The van der Waals surface area contributed by atoms with Gasteiger partial charge in [0.05, 0.1) is 10.6 Å². The zero-order valence-corrected chi connectivity index (χ0v) is 12.5. The molecule has 0 spiro atoms. The lowest BCUT2D eigenvalue weighted by Gasteiger charge is -2.07. The molecule has 0 atom stereocenters. The minimum Gasteiger partial charge on any atom is -0.457 e. The van der Waals surface area contributed by atoms with E-state index >= 15 is 0 Å². The van der Waals surface area contributed by atoms with Crippen molar-refractivity contribution in [1.29, 1.82) is 0 Å². The fourth-order valence-electron chi connectivity index (χ4n) is 1.56. The molecule has 2 aromatic carbocycles. The maximum atomic E-state index is 13.0. The van der Waals surface area contributed by atoms with E-state index in [0.29, 0.717) is 21.3 Å². The first kappa shape index (κ1) is 14.8.